The molecule has 1 heterocycles. The summed E-state index contributed by atoms with van der Waals surface area (Å²) < 4.78 is 11.2. The number of rotatable bonds is 11. The van der Waals surface area contributed by atoms with Crippen LogP contribution in [0.4, 0.5) is 0 Å². The number of unbranched alkanes of at least 4 members (excludes halogenated alkanes) is 2. The van der Waals surface area contributed by atoms with Gasteiger partial charge in [0.2, 0.25) is 0 Å². The number of methoxy groups -OCH3 is 1. The minimum absolute atomic E-state index is 0.0753. The van der Waals surface area contributed by atoms with Crippen molar-refractivity contribution in [2.75, 3.05) is 20.3 Å². The van der Waals surface area contributed by atoms with E-state index >= 15 is 0 Å². The van der Waals surface area contributed by atoms with E-state index in [4.69, 9.17) is 9.47 Å². The fourth-order valence-corrected chi connectivity index (χ4v) is 4.57. The Balaban J connectivity index is 1.72. The Hall–Kier alpha value is -4.06. The molecule has 3 aromatic rings. The van der Waals surface area contributed by atoms with Crippen LogP contribution < -0.4 is 9.47 Å². The number of hydrogen-bond donors (Lipinski definition) is 1. The number of ketones is 1. The van der Waals surface area contributed by atoms with Crippen molar-refractivity contribution in [2.45, 2.75) is 38.6 Å². The SMILES string of the molecule is CCCCCOc1cccc(C2C(=C(O)c3ccc(OC)cc3)C(=O)C(=O)N2CCc2ccccc2)c1. The number of nitrogens with zero attached hydrogens (tertiary/aromatic N) is 1. The number of aliphatic hydroxyl groups excluding tert-OH is 1. The first-order valence-corrected chi connectivity index (χ1v) is 12.7. The molecule has 1 atom stereocenters. The number of carbonyl (C=O) groups excluding carboxylic acids is 2. The van der Waals surface area contributed by atoms with Crippen LogP contribution in [-0.2, 0) is 16.0 Å². The second-order valence-electron chi connectivity index (χ2n) is 9.08. The van der Waals surface area contributed by atoms with Gasteiger partial charge in [-0.15, -0.1) is 0 Å². The molecular formula is C31H33NO5. The summed E-state index contributed by atoms with van der Waals surface area (Å²) >= 11 is 0. The van der Waals surface area contributed by atoms with Gasteiger partial charge in [0.25, 0.3) is 11.7 Å². The molecule has 0 radical (unpaired) electrons. The van der Waals surface area contributed by atoms with Crippen LogP contribution in [0.15, 0.2) is 84.4 Å². The maximum absolute atomic E-state index is 13.3. The van der Waals surface area contributed by atoms with E-state index in [0.29, 0.717) is 36.6 Å². The lowest BCUT2D eigenvalue weighted by atomic mass is 9.95. The Bertz CT molecular complexity index is 1250. The molecule has 192 valence electrons. The van der Waals surface area contributed by atoms with Crippen LogP contribution in [0, 0.1) is 0 Å². The van der Waals surface area contributed by atoms with Crippen molar-refractivity contribution in [1.82, 2.24) is 4.90 Å². The number of carbonyl (C=O) groups is 2. The normalized spacial score (nSPS) is 16.7. The number of hydrogen-bond acceptors (Lipinski definition) is 5. The van der Waals surface area contributed by atoms with Gasteiger partial charge in [-0.2, -0.15) is 0 Å². The summed E-state index contributed by atoms with van der Waals surface area (Å²) in [6.07, 6.45) is 3.72. The molecule has 6 heteroatoms. The van der Waals surface area contributed by atoms with Crippen molar-refractivity contribution < 1.29 is 24.2 Å². The van der Waals surface area contributed by atoms with E-state index in [1.165, 1.54) is 0 Å². The Kier molecular flexibility index (Phi) is 8.62. The lowest BCUT2D eigenvalue weighted by Gasteiger charge is -2.26. The van der Waals surface area contributed by atoms with E-state index in [1.54, 1.807) is 36.3 Å². The summed E-state index contributed by atoms with van der Waals surface area (Å²) in [5.74, 6) is -0.218. The minimum Gasteiger partial charge on any atom is -0.507 e. The third-order valence-corrected chi connectivity index (χ3v) is 6.58. The first-order valence-electron chi connectivity index (χ1n) is 12.7. The molecular weight excluding hydrogens is 466 g/mol. The third kappa shape index (κ3) is 6.02. The topological polar surface area (TPSA) is 76.1 Å². The number of Topliss-reactive ketones (excluding diaryl/α,β-unsaturated/α-hetero) is 1. The highest BCUT2D eigenvalue weighted by atomic mass is 16.5. The average Bonchev–Trinajstić information content (AvgIpc) is 3.19. The standard InChI is InChI=1S/C31H33NO5/c1-3-4-8-20-37-26-13-9-12-24(21-26)28-27(29(33)23-14-16-25(36-2)17-15-23)30(34)31(35)32(28)19-18-22-10-6-5-7-11-22/h5-7,9-17,21,28,33H,3-4,8,18-20H2,1-2H3. The lowest BCUT2D eigenvalue weighted by molar-refractivity contribution is -0.139. The molecule has 1 saturated heterocycles. The molecule has 1 aliphatic heterocycles. The number of aliphatic hydroxyl groups is 1. The summed E-state index contributed by atoms with van der Waals surface area (Å²) in [7, 11) is 1.56. The van der Waals surface area contributed by atoms with Crippen molar-refractivity contribution >= 4 is 17.4 Å². The molecule has 0 saturated carbocycles. The molecule has 1 fully saturated rings. The molecule has 0 spiro atoms. The Morgan fingerprint density at radius 2 is 1.68 bits per heavy atom. The van der Waals surface area contributed by atoms with Crippen LogP contribution >= 0.6 is 0 Å². The molecule has 4 rings (SSSR count). The number of ether oxygens (including phenoxy) is 2. The van der Waals surface area contributed by atoms with Crippen LogP contribution in [0.3, 0.4) is 0 Å². The highest BCUT2D eigenvalue weighted by molar-refractivity contribution is 6.46. The zero-order valence-corrected chi connectivity index (χ0v) is 21.4. The second kappa shape index (κ2) is 12.3. The average molecular weight is 500 g/mol. The maximum atomic E-state index is 13.3. The van der Waals surface area contributed by atoms with Crippen molar-refractivity contribution in [3.05, 3.63) is 101 Å². The van der Waals surface area contributed by atoms with E-state index in [0.717, 1.165) is 30.4 Å². The quantitative estimate of drug-likeness (QED) is 0.153. The first-order chi connectivity index (χ1) is 18.0. The van der Waals surface area contributed by atoms with Gasteiger partial charge < -0.3 is 19.5 Å². The van der Waals surface area contributed by atoms with E-state index < -0.39 is 17.7 Å². The molecule has 0 bridgehead atoms. The van der Waals surface area contributed by atoms with Crippen molar-refractivity contribution in [2.24, 2.45) is 0 Å². The lowest BCUT2D eigenvalue weighted by Crippen LogP contribution is -2.31. The molecule has 1 amide bonds. The minimum atomic E-state index is -0.731. The van der Waals surface area contributed by atoms with Gasteiger partial charge in [-0.05, 0) is 60.4 Å². The van der Waals surface area contributed by atoms with Crippen LogP contribution in [0.2, 0.25) is 0 Å². The first kappa shape index (κ1) is 26.0. The van der Waals surface area contributed by atoms with Crippen LogP contribution in [0.1, 0.15) is 48.9 Å². The summed E-state index contributed by atoms with van der Waals surface area (Å²) in [4.78, 5) is 28.1. The maximum Gasteiger partial charge on any atom is 0.295 e. The predicted octanol–water partition coefficient (Wildman–Crippen LogP) is 5.93. The van der Waals surface area contributed by atoms with Gasteiger partial charge in [-0.25, -0.2) is 0 Å². The molecule has 3 aromatic carbocycles. The van der Waals surface area contributed by atoms with Crippen molar-refractivity contribution in [1.29, 1.82) is 0 Å². The van der Waals surface area contributed by atoms with Gasteiger partial charge in [0.15, 0.2) is 0 Å². The molecule has 0 aromatic heterocycles. The van der Waals surface area contributed by atoms with Gasteiger partial charge in [0.1, 0.15) is 17.3 Å². The summed E-state index contributed by atoms with van der Waals surface area (Å²) in [6, 6.07) is 23.3. The van der Waals surface area contributed by atoms with Crippen molar-refractivity contribution in [3.8, 4) is 11.5 Å². The van der Waals surface area contributed by atoms with Gasteiger partial charge in [-0.3, -0.25) is 9.59 Å². The third-order valence-electron chi connectivity index (χ3n) is 6.58. The Morgan fingerprint density at radius 1 is 0.919 bits per heavy atom. The summed E-state index contributed by atoms with van der Waals surface area (Å²) in [6.45, 7) is 3.07. The van der Waals surface area contributed by atoms with Crippen molar-refractivity contribution in [3.63, 3.8) is 0 Å². The van der Waals surface area contributed by atoms with Crippen LogP contribution in [-0.4, -0.2) is 42.0 Å². The fraction of sp³-hybridized carbons (Fsp3) is 0.290. The van der Waals surface area contributed by atoms with Gasteiger partial charge in [-0.1, -0.05) is 62.2 Å². The summed E-state index contributed by atoms with van der Waals surface area (Å²) in [5.41, 5.74) is 2.30. The molecule has 6 nitrogen and oxygen atoms in total. The van der Waals surface area contributed by atoms with E-state index in [-0.39, 0.29) is 11.3 Å². The number of amides is 1. The van der Waals surface area contributed by atoms with E-state index in [2.05, 4.69) is 6.92 Å². The number of likely N-dealkylation sites (tertiary alicyclic amines) is 1. The fourth-order valence-electron chi connectivity index (χ4n) is 4.57. The highest BCUT2D eigenvalue weighted by Gasteiger charge is 2.46. The van der Waals surface area contributed by atoms with Gasteiger partial charge in [0.05, 0.1) is 25.3 Å². The van der Waals surface area contributed by atoms with Crippen LogP contribution in [0.25, 0.3) is 5.76 Å². The number of benzene rings is 3. The zero-order valence-electron chi connectivity index (χ0n) is 21.4. The van der Waals surface area contributed by atoms with Gasteiger partial charge in [0, 0.05) is 12.1 Å². The summed E-state index contributed by atoms with van der Waals surface area (Å²) in [5, 5.41) is 11.3. The molecule has 1 aliphatic rings. The van der Waals surface area contributed by atoms with E-state index in [9.17, 15) is 14.7 Å². The largest absolute Gasteiger partial charge is 0.507 e. The van der Waals surface area contributed by atoms with Gasteiger partial charge >= 0.3 is 0 Å². The van der Waals surface area contributed by atoms with E-state index in [1.807, 2.05) is 54.6 Å². The predicted molar refractivity (Wildman–Crippen MR) is 144 cm³/mol. The smallest absolute Gasteiger partial charge is 0.295 e. The molecule has 1 unspecified atom stereocenters. The molecule has 1 N–H and O–H groups in total. The highest BCUT2D eigenvalue weighted by Crippen LogP contribution is 2.40. The monoisotopic (exact) mass is 499 g/mol. The zero-order chi connectivity index (χ0) is 26.2. The molecule has 0 aliphatic carbocycles. The second-order valence-corrected chi connectivity index (χ2v) is 9.08. The Labute approximate surface area is 218 Å². The Morgan fingerprint density at radius 3 is 2.38 bits per heavy atom. The van der Waals surface area contributed by atoms with Crippen LogP contribution in [0.5, 0.6) is 11.5 Å². The molecule has 37 heavy (non-hydrogen) atoms.